The summed E-state index contributed by atoms with van der Waals surface area (Å²) >= 11 is 0. The molecular formula is C25H28N2O6. The highest BCUT2D eigenvalue weighted by atomic mass is 16.5. The van der Waals surface area contributed by atoms with Crippen molar-refractivity contribution in [3.8, 4) is 11.1 Å². The van der Waals surface area contributed by atoms with Gasteiger partial charge in [0.25, 0.3) is 0 Å². The largest absolute Gasteiger partial charge is 0.480 e. The van der Waals surface area contributed by atoms with Gasteiger partial charge in [-0.15, -0.1) is 0 Å². The number of hydrogen-bond donors (Lipinski definition) is 2. The summed E-state index contributed by atoms with van der Waals surface area (Å²) in [5.74, 6) is -1.37. The molecule has 2 N–H and O–H groups in total. The number of benzene rings is 2. The Morgan fingerprint density at radius 3 is 2.21 bits per heavy atom. The first-order valence-electron chi connectivity index (χ1n) is 11.1. The van der Waals surface area contributed by atoms with Gasteiger partial charge in [0.1, 0.15) is 19.2 Å². The zero-order valence-corrected chi connectivity index (χ0v) is 18.5. The number of fused-ring (bicyclic) bond motifs is 3. The second kappa shape index (κ2) is 10.0. The van der Waals surface area contributed by atoms with Crippen LogP contribution in [0.5, 0.6) is 0 Å². The molecule has 4 rings (SSSR count). The van der Waals surface area contributed by atoms with Gasteiger partial charge in [-0.2, -0.15) is 0 Å². The minimum absolute atomic E-state index is 0.0795. The Kier molecular flexibility index (Phi) is 6.93. The molecule has 33 heavy (non-hydrogen) atoms. The van der Waals surface area contributed by atoms with Crippen LogP contribution in [0.2, 0.25) is 0 Å². The fourth-order valence-corrected chi connectivity index (χ4v) is 4.35. The molecule has 0 saturated heterocycles. The topological polar surface area (TPSA) is 105 Å². The second-order valence-electron chi connectivity index (χ2n) is 8.53. The number of carbonyl (C=O) groups excluding carboxylic acids is 2. The first-order chi connectivity index (χ1) is 16.0. The summed E-state index contributed by atoms with van der Waals surface area (Å²) in [5.41, 5.74) is 4.43. The van der Waals surface area contributed by atoms with Gasteiger partial charge in [-0.05, 0) is 41.0 Å². The predicted octanol–water partition coefficient (Wildman–Crippen LogP) is 2.86. The lowest BCUT2D eigenvalue weighted by atomic mass is 9.98. The first kappa shape index (κ1) is 22.8. The number of amides is 2. The molecule has 0 aromatic heterocycles. The summed E-state index contributed by atoms with van der Waals surface area (Å²) < 4.78 is 10.6. The van der Waals surface area contributed by atoms with E-state index in [4.69, 9.17) is 9.47 Å². The van der Waals surface area contributed by atoms with E-state index in [1.54, 1.807) is 0 Å². The van der Waals surface area contributed by atoms with Gasteiger partial charge in [0.05, 0.1) is 6.61 Å². The number of nitrogens with one attached hydrogen (secondary N) is 1. The molecule has 0 radical (unpaired) electrons. The third kappa shape index (κ3) is 5.34. The van der Waals surface area contributed by atoms with Gasteiger partial charge in [0.15, 0.2) is 0 Å². The number of nitrogens with zero attached hydrogens (tertiary/aromatic N) is 1. The van der Waals surface area contributed by atoms with Crippen LogP contribution in [0.4, 0.5) is 4.79 Å². The van der Waals surface area contributed by atoms with Crippen LogP contribution in [0.25, 0.3) is 11.1 Å². The van der Waals surface area contributed by atoms with Crippen molar-refractivity contribution in [3.05, 3.63) is 59.7 Å². The molecule has 0 spiro atoms. The van der Waals surface area contributed by atoms with Crippen LogP contribution >= 0.6 is 0 Å². The van der Waals surface area contributed by atoms with E-state index in [-0.39, 0.29) is 19.1 Å². The van der Waals surface area contributed by atoms with Crippen molar-refractivity contribution in [2.24, 2.45) is 5.92 Å². The number of alkyl carbamates (subject to hydrolysis) is 1. The number of ether oxygens (including phenoxy) is 2. The van der Waals surface area contributed by atoms with Crippen LogP contribution in [0, 0.1) is 5.92 Å². The fraction of sp³-hybridized carbons (Fsp3) is 0.400. The van der Waals surface area contributed by atoms with Crippen LogP contribution in [0.1, 0.15) is 29.9 Å². The SMILES string of the molecule is COC[C@H](NC(=O)OCC1c2ccccc2-c2ccccc21)C(=O)N(CC(=O)O)CC1CC1. The molecule has 2 aliphatic carbocycles. The molecule has 174 valence electrons. The van der Waals surface area contributed by atoms with Crippen LogP contribution in [-0.4, -0.2) is 67.4 Å². The van der Waals surface area contributed by atoms with E-state index < -0.39 is 30.6 Å². The van der Waals surface area contributed by atoms with Crippen molar-refractivity contribution >= 4 is 18.0 Å². The van der Waals surface area contributed by atoms with Crippen molar-refractivity contribution in [1.82, 2.24) is 10.2 Å². The first-order valence-corrected chi connectivity index (χ1v) is 11.1. The van der Waals surface area contributed by atoms with E-state index in [1.807, 2.05) is 36.4 Å². The molecule has 2 amide bonds. The predicted molar refractivity (Wildman–Crippen MR) is 121 cm³/mol. The number of hydrogen-bond acceptors (Lipinski definition) is 5. The van der Waals surface area contributed by atoms with Gasteiger partial charge in [0.2, 0.25) is 5.91 Å². The lowest BCUT2D eigenvalue weighted by Crippen LogP contribution is -2.52. The highest BCUT2D eigenvalue weighted by Gasteiger charge is 2.33. The van der Waals surface area contributed by atoms with Crippen LogP contribution < -0.4 is 5.32 Å². The molecule has 2 aromatic carbocycles. The van der Waals surface area contributed by atoms with Crippen molar-refractivity contribution in [3.63, 3.8) is 0 Å². The molecular weight excluding hydrogens is 424 g/mol. The number of carboxylic acid groups (broad SMARTS) is 1. The van der Waals surface area contributed by atoms with Crippen molar-refractivity contribution in [2.45, 2.75) is 24.8 Å². The van der Waals surface area contributed by atoms with E-state index in [2.05, 4.69) is 17.4 Å². The maximum atomic E-state index is 13.0. The van der Waals surface area contributed by atoms with Crippen molar-refractivity contribution < 1.29 is 29.0 Å². The summed E-state index contributed by atoms with van der Waals surface area (Å²) in [4.78, 5) is 38.1. The average molecular weight is 453 g/mol. The quantitative estimate of drug-likeness (QED) is 0.574. The Balaban J connectivity index is 1.41. The van der Waals surface area contributed by atoms with E-state index in [0.29, 0.717) is 12.5 Å². The maximum Gasteiger partial charge on any atom is 0.407 e. The van der Waals surface area contributed by atoms with E-state index in [0.717, 1.165) is 35.1 Å². The van der Waals surface area contributed by atoms with E-state index >= 15 is 0 Å². The Labute approximate surface area is 192 Å². The fourth-order valence-electron chi connectivity index (χ4n) is 4.35. The highest BCUT2D eigenvalue weighted by Crippen LogP contribution is 2.44. The van der Waals surface area contributed by atoms with Gasteiger partial charge < -0.3 is 24.8 Å². The van der Waals surface area contributed by atoms with Crippen molar-refractivity contribution in [1.29, 1.82) is 0 Å². The normalized spacial score (nSPS) is 15.3. The number of carboxylic acids is 1. The molecule has 0 unspecified atom stereocenters. The molecule has 8 heteroatoms. The number of aliphatic carboxylic acids is 1. The van der Waals surface area contributed by atoms with Gasteiger partial charge in [-0.1, -0.05) is 48.5 Å². The molecule has 1 atom stereocenters. The Hall–Kier alpha value is -3.39. The lowest BCUT2D eigenvalue weighted by molar-refractivity contribution is -0.146. The Bertz CT molecular complexity index is 990. The minimum atomic E-state index is -1.10. The van der Waals surface area contributed by atoms with Crippen LogP contribution in [0.3, 0.4) is 0 Å². The number of methoxy groups -OCH3 is 1. The van der Waals surface area contributed by atoms with Crippen LogP contribution in [-0.2, 0) is 19.1 Å². The third-order valence-corrected chi connectivity index (χ3v) is 6.08. The Morgan fingerprint density at radius 2 is 1.67 bits per heavy atom. The van der Waals surface area contributed by atoms with Gasteiger partial charge in [0, 0.05) is 19.6 Å². The lowest BCUT2D eigenvalue weighted by Gasteiger charge is -2.26. The zero-order chi connectivity index (χ0) is 23.4. The summed E-state index contributed by atoms with van der Waals surface area (Å²) in [6, 6.07) is 15.0. The summed E-state index contributed by atoms with van der Waals surface area (Å²) in [7, 11) is 1.42. The highest BCUT2D eigenvalue weighted by molar-refractivity contribution is 5.88. The van der Waals surface area contributed by atoms with Crippen molar-refractivity contribution in [2.75, 3.05) is 33.4 Å². The Morgan fingerprint density at radius 1 is 1.06 bits per heavy atom. The molecule has 1 saturated carbocycles. The average Bonchev–Trinajstić information content (AvgIpc) is 3.57. The molecule has 0 aliphatic heterocycles. The summed E-state index contributed by atoms with van der Waals surface area (Å²) in [6.07, 6.45) is 1.20. The van der Waals surface area contributed by atoms with Gasteiger partial charge in [-0.25, -0.2) is 4.79 Å². The monoisotopic (exact) mass is 452 g/mol. The minimum Gasteiger partial charge on any atom is -0.480 e. The molecule has 0 heterocycles. The van der Waals surface area contributed by atoms with Gasteiger partial charge >= 0.3 is 12.1 Å². The number of rotatable bonds is 10. The molecule has 2 aromatic rings. The molecule has 8 nitrogen and oxygen atoms in total. The third-order valence-electron chi connectivity index (χ3n) is 6.08. The number of carbonyl (C=O) groups is 3. The summed E-state index contributed by atoms with van der Waals surface area (Å²) in [5, 5.41) is 11.8. The molecule has 1 fully saturated rings. The van der Waals surface area contributed by atoms with Crippen LogP contribution in [0.15, 0.2) is 48.5 Å². The summed E-state index contributed by atoms with van der Waals surface area (Å²) in [6.45, 7) is -0.0158. The zero-order valence-electron chi connectivity index (χ0n) is 18.5. The standard InChI is InChI=1S/C25H28N2O6/c1-32-15-22(24(30)27(13-23(28)29)12-16-10-11-16)26-25(31)33-14-21-19-8-4-2-6-17(19)18-7-3-5-9-20(18)21/h2-9,16,21-22H,10-15H2,1H3,(H,26,31)(H,28,29)/t22-/m0/s1. The molecule has 0 bridgehead atoms. The van der Waals surface area contributed by atoms with E-state index in [1.165, 1.54) is 12.0 Å². The molecule has 2 aliphatic rings. The van der Waals surface area contributed by atoms with E-state index in [9.17, 15) is 19.5 Å². The smallest absolute Gasteiger partial charge is 0.407 e. The maximum absolute atomic E-state index is 13.0. The second-order valence-corrected chi connectivity index (χ2v) is 8.53. The van der Waals surface area contributed by atoms with Gasteiger partial charge in [-0.3, -0.25) is 9.59 Å².